The lowest BCUT2D eigenvalue weighted by atomic mass is 9.73. The molecule has 6 heteroatoms. The molecule has 1 spiro atoms. The molecular weight excluding hydrogens is 320 g/mol. The highest BCUT2D eigenvalue weighted by Gasteiger charge is 2.42. The second-order valence-electron chi connectivity index (χ2n) is 7.22. The van der Waals surface area contributed by atoms with Gasteiger partial charge in [-0.25, -0.2) is 0 Å². The summed E-state index contributed by atoms with van der Waals surface area (Å²) in [7, 11) is 0. The number of piperidine rings is 2. The highest BCUT2D eigenvalue weighted by atomic mass is 16.3. The summed E-state index contributed by atoms with van der Waals surface area (Å²) in [4.78, 5) is 28.5. The monoisotopic (exact) mass is 346 g/mol. The quantitative estimate of drug-likeness (QED) is 0.853. The van der Waals surface area contributed by atoms with Crippen LogP contribution in [0.4, 0.5) is 0 Å². The van der Waals surface area contributed by atoms with E-state index in [1.165, 1.54) is 0 Å². The molecule has 2 amide bonds. The van der Waals surface area contributed by atoms with Gasteiger partial charge in [-0.15, -0.1) is 0 Å². The van der Waals surface area contributed by atoms with E-state index in [0.717, 1.165) is 31.4 Å². The smallest absolute Gasteiger partial charge is 0.253 e. The van der Waals surface area contributed by atoms with Crippen molar-refractivity contribution in [3.05, 3.63) is 35.4 Å². The van der Waals surface area contributed by atoms with Crippen molar-refractivity contribution in [1.82, 2.24) is 9.80 Å². The summed E-state index contributed by atoms with van der Waals surface area (Å²) in [5, 5.41) is 18.3. The minimum Gasteiger partial charge on any atom is -0.395 e. The molecular formula is C19H26N2O4. The molecule has 0 radical (unpaired) electrons. The molecule has 2 aliphatic rings. The lowest BCUT2D eigenvalue weighted by Gasteiger charge is -2.48. The zero-order chi connectivity index (χ0) is 17.9. The van der Waals surface area contributed by atoms with E-state index >= 15 is 0 Å². The summed E-state index contributed by atoms with van der Waals surface area (Å²) < 4.78 is 0. The number of likely N-dealkylation sites (tertiary alicyclic amines) is 2. The maximum Gasteiger partial charge on any atom is 0.253 e. The third-order valence-corrected chi connectivity index (χ3v) is 5.45. The third kappa shape index (κ3) is 3.85. The molecule has 0 bridgehead atoms. The minimum absolute atomic E-state index is 0.00849. The van der Waals surface area contributed by atoms with Gasteiger partial charge in [-0.2, -0.15) is 0 Å². The topological polar surface area (TPSA) is 81.1 Å². The number of carbonyl (C=O) groups is 2. The lowest BCUT2D eigenvalue weighted by Crippen LogP contribution is -2.55. The van der Waals surface area contributed by atoms with Crippen molar-refractivity contribution in [2.45, 2.75) is 32.3 Å². The number of aliphatic hydroxyl groups is 2. The van der Waals surface area contributed by atoms with Crippen LogP contribution in [0.2, 0.25) is 0 Å². The molecule has 2 aliphatic heterocycles. The number of hydrogen-bond acceptors (Lipinski definition) is 4. The van der Waals surface area contributed by atoms with E-state index in [9.17, 15) is 14.7 Å². The van der Waals surface area contributed by atoms with Crippen LogP contribution >= 0.6 is 0 Å². The molecule has 136 valence electrons. The zero-order valence-electron chi connectivity index (χ0n) is 14.5. The highest BCUT2D eigenvalue weighted by Crippen LogP contribution is 2.39. The Hall–Kier alpha value is -1.92. The number of β-amino-alcohol motifs (C(OH)–C–C–N with tert-alkyl or cyclic N) is 1. The Kier molecular flexibility index (Phi) is 5.39. The Morgan fingerprint density at radius 1 is 1.12 bits per heavy atom. The van der Waals surface area contributed by atoms with Crippen LogP contribution in [0.1, 0.15) is 41.6 Å². The summed E-state index contributed by atoms with van der Waals surface area (Å²) in [5.74, 6) is 0.108. The van der Waals surface area contributed by atoms with E-state index in [2.05, 4.69) is 0 Å². The lowest BCUT2D eigenvalue weighted by molar-refractivity contribution is -0.139. The molecule has 1 aromatic carbocycles. The molecule has 2 heterocycles. The number of benzene rings is 1. The number of amides is 2. The van der Waals surface area contributed by atoms with Crippen LogP contribution in [-0.2, 0) is 11.4 Å². The van der Waals surface area contributed by atoms with Crippen molar-refractivity contribution in [2.24, 2.45) is 5.41 Å². The maximum atomic E-state index is 12.8. The van der Waals surface area contributed by atoms with Gasteiger partial charge in [-0.1, -0.05) is 12.1 Å². The van der Waals surface area contributed by atoms with Gasteiger partial charge in [0.05, 0.1) is 13.2 Å². The van der Waals surface area contributed by atoms with Gasteiger partial charge in [0.1, 0.15) is 0 Å². The van der Waals surface area contributed by atoms with Crippen LogP contribution in [-0.4, -0.2) is 64.6 Å². The van der Waals surface area contributed by atoms with Crippen LogP contribution in [0.5, 0.6) is 0 Å². The SMILES string of the molecule is O=C1CC[C@]2(CCCN(C(=O)c3ccc(CO)cc3)C2)CN1CCO. The van der Waals surface area contributed by atoms with E-state index < -0.39 is 0 Å². The van der Waals surface area contributed by atoms with E-state index in [-0.39, 0.29) is 30.4 Å². The number of aliphatic hydroxyl groups excluding tert-OH is 2. The van der Waals surface area contributed by atoms with E-state index in [4.69, 9.17) is 5.11 Å². The van der Waals surface area contributed by atoms with Gasteiger partial charge in [-0.3, -0.25) is 9.59 Å². The Morgan fingerprint density at radius 3 is 2.56 bits per heavy atom. The first-order valence-corrected chi connectivity index (χ1v) is 8.95. The Bertz CT molecular complexity index is 631. The molecule has 0 aliphatic carbocycles. The van der Waals surface area contributed by atoms with Crippen LogP contribution < -0.4 is 0 Å². The van der Waals surface area contributed by atoms with Crippen LogP contribution in [0, 0.1) is 5.41 Å². The Balaban J connectivity index is 1.71. The molecule has 1 atom stereocenters. The number of rotatable bonds is 4. The van der Waals surface area contributed by atoms with Crippen molar-refractivity contribution in [3.8, 4) is 0 Å². The van der Waals surface area contributed by atoms with E-state index in [0.29, 0.717) is 31.6 Å². The molecule has 6 nitrogen and oxygen atoms in total. The van der Waals surface area contributed by atoms with Gasteiger partial charge < -0.3 is 20.0 Å². The zero-order valence-corrected chi connectivity index (χ0v) is 14.5. The van der Waals surface area contributed by atoms with Gasteiger partial charge >= 0.3 is 0 Å². The molecule has 2 fully saturated rings. The van der Waals surface area contributed by atoms with Crippen LogP contribution in [0.15, 0.2) is 24.3 Å². The summed E-state index contributed by atoms with van der Waals surface area (Å²) in [6, 6.07) is 7.07. The number of nitrogens with zero attached hydrogens (tertiary/aromatic N) is 2. The van der Waals surface area contributed by atoms with Crippen LogP contribution in [0.25, 0.3) is 0 Å². The normalized spacial score (nSPS) is 24.0. The average molecular weight is 346 g/mol. The summed E-state index contributed by atoms with van der Waals surface area (Å²) in [5.41, 5.74) is 1.37. The number of carbonyl (C=O) groups excluding carboxylic acids is 2. The van der Waals surface area contributed by atoms with Crippen molar-refractivity contribution in [2.75, 3.05) is 32.8 Å². The average Bonchev–Trinajstić information content (AvgIpc) is 2.65. The van der Waals surface area contributed by atoms with Gasteiger partial charge in [0.25, 0.3) is 5.91 Å². The fourth-order valence-corrected chi connectivity index (χ4v) is 4.08. The summed E-state index contributed by atoms with van der Waals surface area (Å²) >= 11 is 0. The molecule has 1 aromatic rings. The molecule has 2 saturated heterocycles. The van der Waals surface area contributed by atoms with Crippen molar-refractivity contribution in [3.63, 3.8) is 0 Å². The molecule has 0 unspecified atom stereocenters. The third-order valence-electron chi connectivity index (χ3n) is 5.45. The second-order valence-corrected chi connectivity index (χ2v) is 7.22. The first-order chi connectivity index (χ1) is 12.1. The fraction of sp³-hybridized carbons (Fsp3) is 0.579. The molecule has 2 N–H and O–H groups in total. The standard InChI is InChI=1S/C19H26N2O4/c22-11-10-20-13-19(8-6-17(20)24)7-1-9-21(14-19)18(25)16-4-2-15(12-23)3-5-16/h2-5,22-23H,1,6-14H2/t19-/m1/s1. The molecule has 25 heavy (non-hydrogen) atoms. The summed E-state index contributed by atoms with van der Waals surface area (Å²) in [6.07, 6.45) is 3.24. The van der Waals surface area contributed by atoms with Gasteiger partial charge in [0, 0.05) is 43.6 Å². The molecule has 3 rings (SSSR count). The molecule has 0 saturated carbocycles. The Morgan fingerprint density at radius 2 is 1.88 bits per heavy atom. The van der Waals surface area contributed by atoms with Crippen molar-refractivity contribution in [1.29, 1.82) is 0 Å². The largest absolute Gasteiger partial charge is 0.395 e. The van der Waals surface area contributed by atoms with E-state index in [1.807, 2.05) is 4.90 Å². The van der Waals surface area contributed by atoms with E-state index in [1.54, 1.807) is 29.2 Å². The predicted octanol–water partition coefficient (Wildman–Crippen LogP) is 1.02. The van der Waals surface area contributed by atoms with Crippen molar-refractivity contribution >= 4 is 11.8 Å². The maximum absolute atomic E-state index is 12.8. The van der Waals surface area contributed by atoms with Gasteiger partial charge in [0.2, 0.25) is 5.91 Å². The van der Waals surface area contributed by atoms with Crippen molar-refractivity contribution < 1.29 is 19.8 Å². The second kappa shape index (κ2) is 7.54. The van der Waals surface area contributed by atoms with Gasteiger partial charge in [-0.05, 0) is 37.0 Å². The Labute approximate surface area is 148 Å². The highest BCUT2D eigenvalue weighted by molar-refractivity contribution is 5.94. The van der Waals surface area contributed by atoms with Crippen LogP contribution in [0.3, 0.4) is 0 Å². The fourth-order valence-electron chi connectivity index (χ4n) is 4.08. The minimum atomic E-state index is -0.0535. The first-order valence-electron chi connectivity index (χ1n) is 8.95. The molecule has 0 aromatic heterocycles. The summed E-state index contributed by atoms with van der Waals surface area (Å²) in [6.45, 7) is 2.33. The predicted molar refractivity (Wildman–Crippen MR) is 92.8 cm³/mol. The van der Waals surface area contributed by atoms with Gasteiger partial charge in [0.15, 0.2) is 0 Å². The first kappa shape index (κ1) is 17.9. The number of hydrogen-bond donors (Lipinski definition) is 2.